The lowest BCUT2D eigenvalue weighted by Gasteiger charge is -2.30. The van der Waals surface area contributed by atoms with Crippen LogP contribution in [0.25, 0.3) is 38.1 Å². The monoisotopic (exact) mass is 369 g/mol. The molecular formula is C23H19N3O2. The molecule has 0 amide bonds. The summed E-state index contributed by atoms with van der Waals surface area (Å²) < 4.78 is 7.46. The van der Waals surface area contributed by atoms with E-state index in [0.717, 1.165) is 61.5 Å². The maximum atomic E-state index is 13.3. The van der Waals surface area contributed by atoms with Crippen LogP contribution in [0.4, 0.5) is 0 Å². The Hall–Kier alpha value is -3.21. The summed E-state index contributed by atoms with van der Waals surface area (Å²) in [7, 11) is 1.66. The molecule has 0 aliphatic heterocycles. The van der Waals surface area contributed by atoms with Crippen LogP contribution >= 0.6 is 0 Å². The van der Waals surface area contributed by atoms with Gasteiger partial charge in [0.25, 0.3) is 0 Å². The van der Waals surface area contributed by atoms with Crippen molar-refractivity contribution in [2.75, 3.05) is 7.11 Å². The van der Waals surface area contributed by atoms with Crippen LogP contribution in [-0.4, -0.2) is 27.5 Å². The number of rotatable bonds is 1. The van der Waals surface area contributed by atoms with Crippen molar-refractivity contribution in [3.05, 3.63) is 47.8 Å². The second kappa shape index (κ2) is 4.98. The highest BCUT2D eigenvalue weighted by molar-refractivity contribution is 6.28. The van der Waals surface area contributed by atoms with Gasteiger partial charge < -0.3 is 4.74 Å². The molecule has 0 radical (unpaired) electrons. The van der Waals surface area contributed by atoms with Crippen LogP contribution in [0, 0.1) is 5.41 Å². The minimum atomic E-state index is -0.0742. The fourth-order valence-electron chi connectivity index (χ4n) is 4.86. The number of aromatic nitrogens is 3. The van der Waals surface area contributed by atoms with E-state index in [1.54, 1.807) is 7.11 Å². The number of ketones is 1. The number of carbonyl (C=O) groups excluding carboxylic acids is 1. The van der Waals surface area contributed by atoms with Crippen molar-refractivity contribution in [2.45, 2.75) is 26.7 Å². The summed E-state index contributed by atoms with van der Waals surface area (Å²) in [5.74, 6) is 0.943. The molecule has 0 saturated heterocycles. The van der Waals surface area contributed by atoms with Crippen molar-refractivity contribution in [1.29, 1.82) is 0 Å². The van der Waals surface area contributed by atoms with E-state index in [-0.39, 0.29) is 11.2 Å². The maximum absolute atomic E-state index is 13.3. The highest BCUT2D eigenvalue weighted by Gasteiger charge is 2.35. The number of fused-ring (bicyclic) bond motifs is 5. The molecule has 2 aromatic carbocycles. The molecule has 0 bridgehead atoms. The fraction of sp³-hybridized carbons (Fsp3) is 0.261. The number of methoxy groups -OCH3 is 1. The molecule has 0 unspecified atom stereocenters. The Labute approximate surface area is 161 Å². The Balaban J connectivity index is 1.94. The molecule has 5 heteroatoms. The Morgan fingerprint density at radius 3 is 2.79 bits per heavy atom. The SMILES string of the molecule is COc1ccc2c(c1)c1c3c(nc4ccc5cnn2c5c41)CC(C)(C)CC3=O. The van der Waals surface area contributed by atoms with Gasteiger partial charge in [-0.3, -0.25) is 9.78 Å². The first-order chi connectivity index (χ1) is 13.5. The molecule has 3 aromatic heterocycles. The van der Waals surface area contributed by atoms with Crippen LogP contribution < -0.4 is 4.74 Å². The van der Waals surface area contributed by atoms with Gasteiger partial charge in [0.1, 0.15) is 5.75 Å². The summed E-state index contributed by atoms with van der Waals surface area (Å²) in [6.45, 7) is 4.28. The molecule has 1 aliphatic rings. The third-order valence-corrected chi connectivity index (χ3v) is 6.02. The molecule has 5 nitrogen and oxygen atoms in total. The normalized spacial score (nSPS) is 16.5. The molecule has 0 N–H and O–H groups in total. The number of nitrogens with zero attached hydrogens (tertiary/aromatic N) is 3. The van der Waals surface area contributed by atoms with Crippen LogP contribution in [0.1, 0.15) is 36.3 Å². The first-order valence-electron chi connectivity index (χ1n) is 9.52. The van der Waals surface area contributed by atoms with Crippen LogP contribution in [0.3, 0.4) is 0 Å². The van der Waals surface area contributed by atoms with Crippen molar-refractivity contribution in [3.8, 4) is 5.75 Å². The highest BCUT2D eigenvalue weighted by atomic mass is 16.5. The Morgan fingerprint density at radius 2 is 1.96 bits per heavy atom. The third kappa shape index (κ3) is 1.88. The molecule has 5 aromatic rings. The fourth-order valence-corrected chi connectivity index (χ4v) is 4.86. The Morgan fingerprint density at radius 1 is 1.11 bits per heavy atom. The number of Topliss-reactive ketones (excluding diaryl/α,β-unsaturated/α-hetero) is 1. The van der Waals surface area contributed by atoms with Crippen molar-refractivity contribution >= 4 is 43.9 Å². The van der Waals surface area contributed by atoms with Crippen molar-refractivity contribution in [1.82, 2.24) is 14.6 Å². The lowest BCUT2D eigenvalue weighted by atomic mass is 9.74. The molecule has 138 valence electrons. The van der Waals surface area contributed by atoms with Crippen molar-refractivity contribution in [2.24, 2.45) is 5.41 Å². The summed E-state index contributed by atoms with van der Waals surface area (Å²) in [6.07, 6.45) is 3.21. The molecule has 28 heavy (non-hydrogen) atoms. The van der Waals surface area contributed by atoms with Gasteiger partial charge in [-0.25, -0.2) is 4.52 Å². The van der Waals surface area contributed by atoms with Crippen molar-refractivity contribution in [3.63, 3.8) is 0 Å². The zero-order chi connectivity index (χ0) is 19.2. The van der Waals surface area contributed by atoms with Crippen LogP contribution in [-0.2, 0) is 6.42 Å². The van der Waals surface area contributed by atoms with Gasteiger partial charge in [-0.05, 0) is 42.2 Å². The number of benzene rings is 2. The predicted octanol–water partition coefficient (Wildman–Crippen LogP) is 4.79. The van der Waals surface area contributed by atoms with Gasteiger partial charge in [0.15, 0.2) is 5.78 Å². The summed E-state index contributed by atoms with van der Waals surface area (Å²) in [6, 6.07) is 10.1. The minimum Gasteiger partial charge on any atom is -0.497 e. The molecule has 0 fully saturated rings. The molecule has 3 heterocycles. The number of carbonyl (C=O) groups is 1. The van der Waals surface area contributed by atoms with Gasteiger partial charge in [-0.1, -0.05) is 13.8 Å². The second-order valence-corrected chi connectivity index (χ2v) is 8.59. The summed E-state index contributed by atoms with van der Waals surface area (Å²) >= 11 is 0. The Bertz CT molecular complexity index is 1450. The summed E-state index contributed by atoms with van der Waals surface area (Å²) in [5, 5.41) is 8.67. The van der Waals surface area contributed by atoms with E-state index in [2.05, 4.69) is 25.0 Å². The zero-order valence-corrected chi connectivity index (χ0v) is 16.0. The molecule has 1 aliphatic carbocycles. The van der Waals surface area contributed by atoms with Crippen LogP contribution in [0.15, 0.2) is 36.5 Å². The Kier molecular flexibility index (Phi) is 2.81. The summed E-state index contributed by atoms with van der Waals surface area (Å²) in [5.41, 5.74) is 4.53. The molecule has 0 saturated carbocycles. The first-order valence-corrected chi connectivity index (χ1v) is 9.52. The van der Waals surface area contributed by atoms with Gasteiger partial charge in [0.2, 0.25) is 0 Å². The van der Waals surface area contributed by atoms with Gasteiger partial charge in [-0.2, -0.15) is 5.10 Å². The van der Waals surface area contributed by atoms with Crippen LogP contribution in [0.2, 0.25) is 0 Å². The third-order valence-electron chi connectivity index (χ3n) is 6.02. The van der Waals surface area contributed by atoms with Gasteiger partial charge in [0.05, 0.1) is 35.6 Å². The van der Waals surface area contributed by atoms with E-state index < -0.39 is 0 Å². The number of hydrogen-bond acceptors (Lipinski definition) is 4. The topological polar surface area (TPSA) is 56.5 Å². The maximum Gasteiger partial charge on any atom is 0.165 e. The number of hydrogen-bond donors (Lipinski definition) is 0. The summed E-state index contributed by atoms with van der Waals surface area (Å²) in [4.78, 5) is 18.2. The van der Waals surface area contributed by atoms with Gasteiger partial charge >= 0.3 is 0 Å². The van der Waals surface area contributed by atoms with E-state index in [0.29, 0.717) is 6.42 Å². The first kappa shape index (κ1) is 15.8. The van der Waals surface area contributed by atoms with E-state index in [4.69, 9.17) is 9.72 Å². The van der Waals surface area contributed by atoms with Gasteiger partial charge in [-0.15, -0.1) is 0 Å². The molecular weight excluding hydrogens is 350 g/mol. The number of ether oxygens (including phenoxy) is 1. The minimum absolute atomic E-state index is 0.0742. The second-order valence-electron chi connectivity index (χ2n) is 8.59. The van der Waals surface area contributed by atoms with E-state index >= 15 is 0 Å². The lowest BCUT2D eigenvalue weighted by Crippen LogP contribution is -2.28. The average Bonchev–Trinajstić information content (AvgIpc) is 3.09. The number of pyridine rings is 2. The van der Waals surface area contributed by atoms with E-state index in [1.807, 2.05) is 35.0 Å². The van der Waals surface area contributed by atoms with Crippen LogP contribution in [0.5, 0.6) is 5.75 Å². The van der Waals surface area contributed by atoms with Crippen molar-refractivity contribution < 1.29 is 9.53 Å². The zero-order valence-electron chi connectivity index (χ0n) is 16.0. The molecule has 0 spiro atoms. The quantitative estimate of drug-likeness (QED) is 0.315. The van der Waals surface area contributed by atoms with E-state index in [1.165, 1.54) is 0 Å². The average molecular weight is 369 g/mol. The molecule has 0 atom stereocenters. The largest absolute Gasteiger partial charge is 0.497 e. The smallest absolute Gasteiger partial charge is 0.165 e. The predicted molar refractivity (Wildman–Crippen MR) is 110 cm³/mol. The van der Waals surface area contributed by atoms with Gasteiger partial charge in [0, 0.05) is 33.5 Å². The standard InChI is InChI=1S/C23H19N3O2/c1-23(2)9-16-20(18(27)10-23)19-14-8-13(28-3)5-7-17(14)26-22-12(11-24-26)4-6-15(25-16)21(19)22/h4-8,11H,9-10H2,1-3H3. The molecule has 6 rings (SSSR count). The highest BCUT2D eigenvalue weighted by Crippen LogP contribution is 2.43. The lowest BCUT2D eigenvalue weighted by molar-refractivity contribution is 0.0912. The van der Waals surface area contributed by atoms with E-state index in [9.17, 15) is 4.79 Å².